The third-order valence-electron chi connectivity index (χ3n) is 3.24. The Balaban J connectivity index is 2.82. The largest absolute Gasteiger partial charge is 0.399 e. The van der Waals surface area contributed by atoms with Crippen LogP contribution < -0.4 is 11.1 Å². The molecule has 0 fully saturated rings. The maximum Gasteiger partial charge on any atom is 0.236 e. The van der Waals surface area contributed by atoms with Gasteiger partial charge in [0.15, 0.2) is 0 Å². The van der Waals surface area contributed by atoms with Gasteiger partial charge in [0.25, 0.3) is 0 Å². The number of amides is 1. The first-order valence-electron chi connectivity index (χ1n) is 5.76. The monoisotopic (exact) mass is 235 g/mol. The van der Waals surface area contributed by atoms with Crippen LogP contribution in [-0.2, 0) is 4.79 Å². The van der Waals surface area contributed by atoms with E-state index in [0.29, 0.717) is 0 Å². The minimum absolute atomic E-state index is 0.0169. The fourth-order valence-corrected chi connectivity index (χ4v) is 1.78. The lowest BCUT2D eigenvalue weighted by molar-refractivity contribution is -0.125. The van der Waals surface area contributed by atoms with Crippen molar-refractivity contribution in [2.24, 2.45) is 0 Å². The Morgan fingerprint density at radius 2 is 2.06 bits per heavy atom. The Morgan fingerprint density at radius 3 is 2.59 bits per heavy atom. The average molecular weight is 235 g/mol. The number of anilines is 1. The number of nitrogens with two attached hydrogens (primary N) is 1. The van der Waals surface area contributed by atoms with Gasteiger partial charge >= 0.3 is 0 Å². The number of carbonyl (C=O) groups is 1. The second-order valence-corrected chi connectivity index (χ2v) is 4.30. The Labute approximate surface area is 103 Å². The summed E-state index contributed by atoms with van der Waals surface area (Å²) in [4.78, 5) is 13.6. The number of nitrogens with one attached hydrogen (secondary N) is 1. The van der Waals surface area contributed by atoms with E-state index < -0.39 is 0 Å². The van der Waals surface area contributed by atoms with Crippen LogP contribution in [0.4, 0.5) is 5.69 Å². The summed E-state index contributed by atoms with van der Waals surface area (Å²) < 4.78 is 0. The molecule has 0 aliphatic heterocycles. The highest BCUT2D eigenvalue weighted by Crippen LogP contribution is 2.22. The molecule has 2 unspecified atom stereocenters. The summed E-state index contributed by atoms with van der Waals surface area (Å²) in [6.45, 7) is 3.95. The van der Waals surface area contributed by atoms with Crippen LogP contribution in [0, 0.1) is 0 Å². The highest BCUT2D eigenvalue weighted by molar-refractivity contribution is 5.80. The third-order valence-corrected chi connectivity index (χ3v) is 3.24. The van der Waals surface area contributed by atoms with Gasteiger partial charge in [-0.05, 0) is 38.6 Å². The second-order valence-electron chi connectivity index (χ2n) is 4.30. The standard InChI is InChI=1S/C13H21N3O/c1-9(11-6-5-7-12(14)8-11)16(4)10(2)13(17)15-3/h5-10H,14H2,1-4H3,(H,15,17). The van der Waals surface area contributed by atoms with E-state index in [1.807, 2.05) is 43.1 Å². The molecule has 0 aliphatic carbocycles. The van der Waals surface area contributed by atoms with Gasteiger partial charge in [0.1, 0.15) is 0 Å². The molecular formula is C13H21N3O. The van der Waals surface area contributed by atoms with E-state index in [9.17, 15) is 4.79 Å². The Kier molecular flexibility index (Phi) is 4.52. The van der Waals surface area contributed by atoms with Crippen LogP contribution in [0.2, 0.25) is 0 Å². The zero-order valence-electron chi connectivity index (χ0n) is 10.9. The van der Waals surface area contributed by atoms with E-state index in [4.69, 9.17) is 5.73 Å². The van der Waals surface area contributed by atoms with Crippen molar-refractivity contribution in [2.75, 3.05) is 19.8 Å². The summed E-state index contributed by atoms with van der Waals surface area (Å²) in [7, 11) is 3.59. The molecule has 0 radical (unpaired) electrons. The summed E-state index contributed by atoms with van der Waals surface area (Å²) in [6, 6.07) is 7.73. The van der Waals surface area contributed by atoms with Crippen molar-refractivity contribution in [3.63, 3.8) is 0 Å². The molecule has 0 heterocycles. The number of nitrogen functional groups attached to an aromatic ring is 1. The van der Waals surface area contributed by atoms with Crippen LogP contribution in [0.1, 0.15) is 25.5 Å². The lowest BCUT2D eigenvalue weighted by Crippen LogP contribution is -2.42. The molecule has 94 valence electrons. The van der Waals surface area contributed by atoms with E-state index in [2.05, 4.69) is 12.2 Å². The van der Waals surface area contributed by atoms with Crippen molar-refractivity contribution in [2.45, 2.75) is 25.9 Å². The molecule has 4 nitrogen and oxygen atoms in total. The van der Waals surface area contributed by atoms with Crippen molar-refractivity contribution in [3.05, 3.63) is 29.8 Å². The van der Waals surface area contributed by atoms with Crippen LogP contribution >= 0.6 is 0 Å². The molecule has 2 atom stereocenters. The van der Waals surface area contributed by atoms with Gasteiger partial charge in [0.05, 0.1) is 6.04 Å². The quantitative estimate of drug-likeness (QED) is 0.775. The molecule has 0 bridgehead atoms. The minimum Gasteiger partial charge on any atom is -0.399 e. The van der Waals surface area contributed by atoms with Crippen molar-refractivity contribution in [3.8, 4) is 0 Å². The zero-order valence-corrected chi connectivity index (χ0v) is 10.9. The first kappa shape index (κ1) is 13.5. The number of rotatable bonds is 4. The first-order valence-corrected chi connectivity index (χ1v) is 5.76. The number of nitrogens with zero attached hydrogens (tertiary/aromatic N) is 1. The van der Waals surface area contributed by atoms with E-state index in [0.717, 1.165) is 11.3 Å². The van der Waals surface area contributed by atoms with E-state index in [1.165, 1.54) is 0 Å². The van der Waals surface area contributed by atoms with Gasteiger partial charge in [-0.1, -0.05) is 12.1 Å². The lowest BCUT2D eigenvalue weighted by Gasteiger charge is -2.30. The maximum absolute atomic E-state index is 11.6. The van der Waals surface area contributed by atoms with Crippen molar-refractivity contribution >= 4 is 11.6 Å². The molecule has 1 aromatic carbocycles. The number of likely N-dealkylation sites (N-methyl/N-ethyl adjacent to an activating group) is 2. The number of hydrogen-bond acceptors (Lipinski definition) is 3. The van der Waals surface area contributed by atoms with Gasteiger partial charge in [0.2, 0.25) is 5.91 Å². The topological polar surface area (TPSA) is 58.4 Å². The summed E-state index contributed by atoms with van der Waals surface area (Å²) >= 11 is 0. The lowest BCUT2D eigenvalue weighted by atomic mass is 10.1. The minimum atomic E-state index is -0.170. The molecule has 1 rings (SSSR count). The van der Waals surface area contributed by atoms with Gasteiger partial charge in [-0.3, -0.25) is 9.69 Å². The van der Waals surface area contributed by atoms with Crippen LogP contribution in [-0.4, -0.2) is 30.9 Å². The zero-order chi connectivity index (χ0) is 13.0. The normalized spacial score (nSPS) is 14.4. The van der Waals surface area contributed by atoms with Crippen molar-refractivity contribution < 1.29 is 4.79 Å². The molecule has 17 heavy (non-hydrogen) atoms. The SMILES string of the molecule is CNC(=O)C(C)N(C)C(C)c1cccc(N)c1. The second kappa shape index (κ2) is 5.68. The van der Waals surface area contributed by atoms with Crippen molar-refractivity contribution in [1.82, 2.24) is 10.2 Å². The number of carbonyl (C=O) groups excluding carboxylic acids is 1. The number of benzene rings is 1. The highest BCUT2D eigenvalue weighted by Gasteiger charge is 2.22. The summed E-state index contributed by atoms with van der Waals surface area (Å²) in [5.41, 5.74) is 7.62. The molecule has 0 aromatic heterocycles. The van der Waals surface area contributed by atoms with Crippen LogP contribution in [0.3, 0.4) is 0 Å². The van der Waals surface area contributed by atoms with Gasteiger partial charge in [-0.15, -0.1) is 0 Å². The molecule has 1 amide bonds. The van der Waals surface area contributed by atoms with E-state index in [1.54, 1.807) is 7.05 Å². The molecule has 3 N–H and O–H groups in total. The fraction of sp³-hybridized carbons (Fsp3) is 0.462. The predicted octanol–water partition coefficient (Wildman–Crippen LogP) is 1.40. The maximum atomic E-state index is 11.6. The Hall–Kier alpha value is -1.55. The van der Waals surface area contributed by atoms with Crippen LogP contribution in [0.25, 0.3) is 0 Å². The van der Waals surface area contributed by atoms with Crippen LogP contribution in [0.15, 0.2) is 24.3 Å². The predicted molar refractivity (Wildman–Crippen MR) is 70.6 cm³/mol. The molecule has 0 saturated heterocycles. The van der Waals surface area contributed by atoms with Crippen molar-refractivity contribution in [1.29, 1.82) is 0 Å². The summed E-state index contributed by atoms with van der Waals surface area (Å²) in [5, 5.41) is 2.66. The van der Waals surface area contributed by atoms with Crippen LogP contribution in [0.5, 0.6) is 0 Å². The van der Waals surface area contributed by atoms with Gasteiger partial charge in [-0.25, -0.2) is 0 Å². The Bertz CT molecular complexity index is 392. The first-order chi connectivity index (χ1) is 7.97. The van der Waals surface area contributed by atoms with E-state index >= 15 is 0 Å². The molecule has 0 aliphatic rings. The molecule has 0 spiro atoms. The smallest absolute Gasteiger partial charge is 0.236 e. The Morgan fingerprint density at radius 1 is 1.41 bits per heavy atom. The van der Waals surface area contributed by atoms with E-state index in [-0.39, 0.29) is 18.0 Å². The molecule has 0 saturated carbocycles. The van der Waals surface area contributed by atoms with Gasteiger partial charge < -0.3 is 11.1 Å². The highest BCUT2D eigenvalue weighted by atomic mass is 16.2. The molecule has 4 heteroatoms. The van der Waals surface area contributed by atoms with Gasteiger partial charge in [0, 0.05) is 18.8 Å². The molecular weight excluding hydrogens is 214 g/mol. The fourth-order valence-electron chi connectivity index (χ4n) is 1.78. The summed E-state index contributed by atoms with van der Waals surface area (Å²) in [6.07, 6.45) is 0. The number of hydrogen-bond donors (Lipinski definition) is 2. The molecule has 1 aromatic rings. The average Bonchev–Trinajstić information content (AvgIpc) is 2.35. The third kappa shape index (κ3) is 3.20. The van der Waals surface area contributed by atoms with Gasteiger partial charge in [-0.2, -0.15) is 0 Å². The summed E-state index contributed by atoms with van der Waals surface area (Å²) in [5.74, 6) is 0.0169.